The quantitative estimate of drug-likeness (QED) is 0.250. The van der Waals surface area contributed by atoms with Crippen molar-refractivity contribution in [1.29, 1.82) is 0 Å². The Kier molecular flexibility index (Phi) is 5.46. The zero-order valence-electron chi connectivity index (χ0n) is 17.0. The van der Waals surface area contributed by atoms with Gasteiger partial charge in [0.25, 0.3) is 0 Å². The molecule has 2 aromatic carbocycles. The first-order chi connectivity index (χ1) is 15.6. The summed E-state index contributed by atoms with van der Waals surface area (Å²) in [4.78, 5) is 25.6. The molecule has 0 saturated carbocycles. The Labute approximate surface area is 191 Å². The summed E-state index contributed by atoms with van der Waals surface area (Å²) in [6.07, 6.45) is 0. The molecule has 0 fully saturated rings. The highest BCUT2D eigenvalue weighted by atomic mass is 32.2. The summed E-state index contributed by atoms with van der Waals surface area (Å²) in [5.74, 6) is -0.152. The number of aryl methyl sites for hydroxylation is 1. The lowest BCUT2D eigenvalue weighted by Gasteiger charge is -2.06. The van der Waals surface area contributed by atoms with Gasteiger partial charge in [0.15, 0.2) is 11.5 Å². The number of carbonyl (C=O) groups excluding carboxylic acids is 2. The van der Waals surface area contributed by atoms with Crippen molar-refractivity contribution in [2.24, 2.45) is 0 Å². The average Bonchev–Trinajstić information content (AvgIpc) is 3.54. The number of nitrogens with one attached hydrogen (secondary N) is 2. The van der Waals surface area contributed by atoms with Crippen LogP contribution in [0.3, 0.4) is 0 Å². The van der Waals surface area contributed by atoms with Crippen molar-refractivity contribution in [3.63, 3.8) is 0 Å². The lowest BCUT2D eigenvalue weighted by molar-refractivity contribution is 0.0818. The molecule has 0 saturated heterocycles. The predicted molar refractivity (Wildman–Crippen MR) is 126 cm³/mol. The number of benzene rings is 2. The minimum atomic E-state index is -0.530. The van der Waals surface area contributed by atoms with E-state index in [1.165, 1.54) is 0 Å². The van der Waals surface area contributed by atoms with E-state index in [0.29, 0.717) is 22.5 Å². The summed E-state index contributed by atoms with van der Waals surface area (Å²) >= 11 is 3.28. The normalized spacial score (nSPS) is 11.2. The number of para-hydroxylation sites is 2. The SMILES string of the molecule is Cc1c(C(=O)NNC(=O)c2oc3ccccc3c2CSc2cccs2)oc2ccccc12. The third-order valence-corrected chi connectivity index (χ3v) is 7.26. The van der Waals surface area contributed by atoms with E-state index in [1.54, 1.807) is 29.2 Å². The molecule has 2 N–H and O–H groups in total. The van der Waals surface area contributed by atoms with E-state index < -0.39 is 11.8 Å². The number of hydrogen-bond donors (Lipinski definition) is 2. The molecule has 0 bridgehead atoms. The van der Waals surface area contributed by atoms with Gasteiger partial charge in [0.2, 0.25) is 0 Å². The fraction of sp³-hybridized carbons (Fsp3) is 0.0833. The molecule has 8 heteroatoms. The molecule has 0 radical (unpaired) electrons. The fourth-order valence-corrected chi connectivity index (χ4v) is 5.34. The average molecular weight is 463 g/mol. The molecule has 0 aliphatic heterocycles. The first-order valence-corrected chi connectivity index (χ1v) is 11.7. The molecule has 0 aliphatic rings. The zero-order chi connectivity index (χ0) is 22.1. The summed E-state index contributed by atoms with van der Waals surface area (Å²) in [7, 11) is 0. The highest BCUT2D eigenvalue weighted by Crippen LogP contribution is 2.33. The number of furan rings is 2. The number of thiophene rings is 1. The van der Waals surface area contributed by atoms with E-state index in [2.05, 4.69) is 10.9 Å². The van der Waals surface area contributed by atoms with E-state index in [1.807, 2.05) is 66.9 Å². The molecule has 32 heavy (non-hydrogen) atoms. The molecule has 2 amide bonds. The Balaban J connectivity index is 1.36. The lowest BCUT2D eigenvalue weighted by atomic mass is 10.1. The molecule has 0 aliphatic carbocycles. The van der Waals surface area contributed by atoms with E-state index in [-0.39, 0.29) is 11.5 Å². The van der Waals surface area contributed by atoms with Crippen LogP contribution in [0.5, 0.6) is 0 Å². The number of amides is 2. The van der Waals surface area contributed by atoms with Crippen LogP contribution in [-0.4, -0.2) is 11.8 Å². The minimum absolute atomic E-state index is 0.157. The van der Waals surface area contributed by atoms with Gasteiger partial charge in [-0.25, -0.2) is 0 Å². The number of hydrogen-bond acceptors (Lipinski definition) is 6. The second-order valence-corrected chi connectivity index (χ2v) is 9.31. The molecule has 3 aromatic heterocycles. The van der Waals surface area contributed by atoms with Gasteiger partial charge in [0.05, 0.1) is 4.21 Å². The van der Waals surface area contributed by atoms with Crippen LogP contribution in [0.25, 0.3) is 21.9 Å². The molecule has 5 rings (SSSR count). The monoisotopic (exact) mass is 462 g/mol. The maximum atomic E-state index is 12.9. The van der Waals surface area contributed by atoms with E-state index in [4.69, 9.17) is 8.83 Å². The van der Waals surface area contributed by atoms with Crippen LogP contribution in [0.15, 0.2) is 79.1 Å². The summed E-state index contributed by atoms with van der Waals surface area (Å²) < 4.78 is 12.7. The van der Waals surface area contributed by atoms with Gasteiger partial charge >= 0.3 is 11.8 Å². The number of fused-ring (bicyclic) bond motifs is 2. The van der Waals surface area contributed by atoms with Crippen LogP contribution in [-0.2, 0) is 5.75 Å². The van der Waals surface area contributed by atoms with Gasteiger partial charge in [-0.2, -0.15) is 0 Å². The predicted octanol–water partition coefficient (Wildman–Crippen LogP) is 5.92. The van der Waals surface area contributed by atoms with Crippen molar-refractivity contribution in [2.75, 3.05) is 0 Å². The molecule has 6 nitrogen and oxygen atoms in total. The zero-order valence-corrected chi connectivity index (χ0v) is 18.6. The highest BCUT2D eigenvalue weighted by molar-refractivity contribution is 8.00. The van der Waals surface area contributed by atoms with Gasteiger partial charge in [-0.3, -0.25) is 20.4 Å². The van der Waals surface area contributed by atoms with Crippen LogP contribution >= 0.6 is 23.1 Å². The van der Waals surface area contributed by atoms with E-state index in [0.717, 1.165) is 20.5 Å². The van der Waals surface area contributed by atoms with Crippen molar-refractivity contribution >= 4 is 56.9 Å². The lowest BCUT2D eigenvalue weighted by Crippen LogP contribution is -2.41. The maximum Gasteiger partial charge on any atom is 0.305 e. The van der Waals surface area contributed by atoms with Crippen LogP contribution < -0.4 is 10.9 Å². The summed E-state index contributed by atoms with van der Waals surface area (Å²) in [6, 6.07) is 18.9. The smallest absolute Gasteiger partial charge is 0.305 e. The van der Waals surface area contributed by atoms with Crippen molar-refractivity contribution in [3.8, 4) is 0 Å². The van der Waals surface area contributed by atoms with Crippen molar-refractivity contribution in [1.82, 2.24) is 10.9 Å². The molecule has 160 valence electrons. The van der Waals surface area contributed by atoms with Crippen LogP contribution in [0.2, 0.25) is 0 Å². The second-order valence-electron chi connectivity index (χ2n) is 7.09. The molecule has 0 unspecified atom stereocenters. The van der Waals surface area contributed by atoms with Crippen LogP contribution in [0.1, 0.15) is 32.2 Å². The topological polar surface area (TPSA) is 84.5 Å². The third-order valence-electron chi connectivity index (χ3n) is 5.10. The molecule has 3 heterocycles. The van der Waals surface area contributed by atoms with Gasteiger partial charge in [-0.1, -0.05) is 42.5 Å². The third kappa shape index (κ3) is 3.79. The van der Waals surface area contributed by atoms with Crippen LogP contribution in [0, 0.1) is 6.92 Å². The Bertz CT molecular complexity index is 1430. The van der Waals surface area contributed by atoms with Gasteiger partial charge in [0.1, 0.15) is 11.2 Å². The van der Waals surface area contributed by atoms with Crippen LogP contribution in [0.4, 0.5) is 0 Å². The Hall–Kier alpha value is -3.49. The minimum Gasteiger partial charge on any atom is -0.451 e. The number of rotatable bonds is 5. The number of hydrazine groups is 1. The summed E-state index contributed by atoms with van der Waals surface area (Å²) in [5.41, 5.74) is 7.64. The van der Waals surface area contributed by atoms with E-state index in [9.17, 15) is 9.59 Å². The van der Waals surface area contributed by atoms with Gasteiger partial charge < -0.3 is 8.83 Å². The van der Waals surface area contributed by atoms with Gasteiger partial charge in [0, 0.05) is 27.7 Å². The molecule has 5 aromatic rings. The van der Waals surface area contributed by atoms with Crippen molar-refractivity contribution in [2.45, 2.75) is 16.9 Å². The summed E-state index contributed by atoms with van der Waals surface area (Å²) in [5, 5.41) is 3.74. The highest BCUT2D eigenvalue weighted by Gasteiger charge is 2.23. The Morgan fingerprint density at radius 3 is 2.16 bits per heavy atom. The molecule has 0 atom stereocenters. The van der Waals surface area contributed by atoms with Gasteiger partial charge in [-0.15, -0.1) is 23.1 Å². The molecule has 0 spiro atoms. The second kappa shape index (κ2) is 8.57. The largest absolute Gasteiger partial charge is 0.451 e. The van der Waals surface area contributed by atoms with Gasteiger partial charge in [-0.05, 0) is 30.5 Å². The first-order valence-electron chi connectivity index (χ1n) is 9.87. The Morgan fingerprint density at radius 2 is 1.47 bits per heavy atom. The number of carbonyl (C=O) groups is 2. The first kappa shape index (κ1) is 20.4. The molecular weight excluding hydrogens is 444 g/mol. The maximum absolute atomic E-state index is 12.9. The van der Waals surface area contributed by atoms with Crippen molar-refractivity contribution in [3.05, 3.63) is 88.7 Å². The Morgan fingerprint density at radius 1 is 0.844 bits per heavy atom. The summed E-state index contributed by atoms with van der Waals surface area (Å²) in [6.45, 7) is 1.81. The number of thioether (sulfide) groups is 1. The fourth-order valence-electron chi connectivity index (χ4n) is 3.53. The standard InChI is InChI=1S/C24H18N2O4S2/c1-14-15-7-2-4-9-18(15)29-21(14)23(27)25-26-24(28)22-17(13-32-20-11-6-12-31-20)16-8-3-5-10-19(16)30-22/h2-12H,13H2,1H3,(H,25,27)(H,26,28). The molecular formula is C24H18N2O4S2. The van der Waals surface area contributed by atoms with E-state index >= 15 is 0 Å². The van der Waals surface area contributed by atoms with Crippen molar-refractivity contribution < 1.29 is 18.4 Å².